The van der Waals surface area contributed by atoms with E-state index >= 15 is 0 Å². The number of nitrogens with one attached hydrogen (secondary N) is 1. The maximum absolute atomic E-state index is 12.6. The van der Waals surface area contributed by atoms with Gasteiger partial charge in [0.1, 0.15) is 5.75 Å². The van der Waals surface area contributed by atoms with E-state index in [1.54, 1.807) is 24.3 Å². The minimum atomic E-state index is -0.434. The molecule has 0 atom stereocenters. The summed E-state index contributed by atoms with van der Waals surface area (Å²) < 4.78 is 0. The average Bonchev–Trinajstić information content (AvgIpc) is 3.18. The summed E-state index contributed by atoms with van der Waals surface area (Å²) in [5, 5.41) is 31.9. The highest BCUT2D eigenvalue weighted by molar-refractivity contribution is 7.16. The summed E-state index contributed by atoms with van der Waals surface area (Å²) in [6, 6.07) is 20.8. The minimum Gasteiger partial charge on any atom is -0.508 e. The number of hydrogen-bond donors (Lipinski definition) is 4. The molecule has 4 aromatic rings. The number of aromatic hydroxyl groups is 3. The van der Waals surface area contributed by atoms with Crippen LogP contribution in [-0.4, -0.2) is 26.2 Å². The van der Waals surface area contributed by atoms with Gasteiger partial charge in [0.2, 0.25) is 0 Å². The third kappa shape index (κ3) is 4.84. The zero-order valence-electron chi connectivity index (χ0n) is 16.4. The molecule has 0 fully saturated rings. The number of benzene rings is 3. The van der Waals surface area contributed by atoms with Gasteiger partial charge in [-0.2, -0.15) is 0 Å². The van der Waals surface area contributed by atoms with Gasteiger partial charge in [0.15, 0.2) is 16.6 Å². The number of phenols is 3. The third-order valence-electron chi connectivity index (χ3n) is 4.78. The van der Waals surface area contributed by atoms with Crippen LogP contribution in [0.5, 0.6) is 17.2 Å². The van der Waals surface area contributed by atoms with E-state index in [4.69, 9.17) is 0 Å². The molecule has 0 saturated carbocycles. The monoisotopic (exact) mass is 432 g/mol. The third-order valence-corrected chi connectivity index (χ3v) is 5.81. The van der Waals surface area contributed by atoms with Gasteiger partial charge in [0, 0.05) is 16.0 Å². The van der Waals surface area contributed by atoms with Crippen LogP contribution in [0.2, 0.25) is 0 Å². The first kappa shape index (κ1) is 20.4. The molecule has 7 heteroatoms. The van der Waals surface area contributed by atoms with E-state index in [2.05, 4.69) is 22.4 Å². The first-order valence-electron chi connectivity index (χ1n) is 9.66. The molecule has 0 saturated heterocycles. The van der Waals surface area contributed by atoms with Crippen molar-refractivity contribution in [1.82, 2.24) is 4.98 Å². The number of amides is 1. The first-order chi connectivity index (χ1) is 15.0. The molecule has 0 spiro atoms. The van der Waals surface area contributed by atoms with Gasteiger partial charge in [-0.1, -0.05) is 30.3 Å². The SMILES string of the molecule is O=C(Nc1nc(-c2ccc(O)cc2)c(CCc2ccccc2)s1)c1ccc(O)c(O)c1. The molecule has 31 heavy (non-hydrogen) atoms. The number of phenolic OH excluding ortho intramolecular Hbond substituents is 3. The van der Waals surface area contributed by atoms with Crippen molar-refractivity contribution in [3.63, 3.8) is 0 Å². The molecule has 6 nitrogen and oxygen atoms in total. The van der Waals surface area contributed by atoms with E-state index in [0.717, 1.165) is 29.0 Å². The predicted octanol–water partition coefficient (Wildman–Crippen LogP) is 4.96. The summed E-state index contributed by atoms with van der Waals surface area (Å²) in [6.07, 6.45) is 1.57. The standard InChI is InChI=1S/C24H20N2O4S/c27-18-10-7-16(8-11-18)22-21(13-6-15-4-2-1-3-5-15)31-24(25-22)26-23(30)17-9-12-19(28)20(29)14-17/h1-5,7-12,14,27-29H,6,13H2,(H,25,26,30). The van der Waals surface area contributed by atoms with Crippen molar-refractivity contribution in [2.24, 2.45) is 0 Å². The van der Waals surface area contributed by atoms with E-state index < -0.39 is 5.91 Å². The molecule has 0 radical (unpaired) electrons. The number of carbonyl (C=O) groups is 1. The lowest BCUT2D eigenvalue weighted by Crippen LogP contribution is -2.11. The highest BCUT2D eigenvalue weighted by Crippen LogP contribution is 2.33. The second-order valence-electron chi connectivity index (χ2n) is 6.98. The Morgan fingerprint density at radius 1 is 0.871 bits per heavy atom. The number of anilines is 1. The summed E-state index contributed by atoms with van der Waals surface area (Å²) in [4.78, 5) is 18.2. The summed E-state index contributed by atoms with van der Waals surface area (Å²) >= 11 is 1.39. The van der Waals surface area contributed by atoms with Gasteiger partial charge in [0.05, 0.1) is 5.69 Å². The molecule has 0 aliphatic heterocycles. The smallest absolute Gasteiger partial charge is 0.257 e. The van der Waals surface area contributed by atoms with Crippen LogP contribution in [0.15, 0.2) is 72.8 Å². The largest absolute Gasteiger partial charge is 0.508 e. The van der Waals surface area contributed by atoms with Crippen molar-refractivity contribution in [3.8, 4) is 28.5 Å². The van der Waals surface area contributed by atoms with Crippen molar-refractivity contribution < 1.29 is 20.1 Å². The fourth-order valence-corrected chi connectivity index (χ4v) is 4.13. The molecule has 3 aromatic carbocycles. The van der Waals surface area contributed by atoms with Gasteiger partial charge >= 0.3 is 0 Å². The first-order valence-corrected chi connectivity index (χ1v) is 10.5. The highest BCUT2D eigenvalue weighted by Gasteiger charge is 2.17. The lowest BCUT2D eigenvalue weighted by Gasteiger charge is -2.03. The molecule has 0 unspecified atom stereocenters. The Labute approximate surface area is 183 Å². The fourth-order valence-electron chi connectivity index (χ4n) is 3.16. The maximum Gasteiger partial charge on any atom is 0.257 e. The average molecular weight is 433 g/mol. The topological polar surface area (TPSA) is 103 Å². The van der Waals surface area contributed by atoms with Crippen molar-refractivity contribution in [2.45, 2.75) is 12.8 Å². The number of aromatic nitrogens is 1. The van der Waals surface area contributed by atoms with Crippen LogP contribution >= 0.6 is 11.3 Å². The molecule has 0 aliphatic rings. The molecule has 4 N–H and O–H groups in total. The van der Waals surface area contributed by atoms with Gasteiger partial charge in [-0.05, 0) is 60.9 Å². The number of hydrogen-bond acceptors (Lipinski definition) is 6. The van der Waals surface area contributed by atoms with Gasteiger partial charge in [-0.25, -0.2) is 4.98 Å². The van der Waals surface area contributed by atoms with Crippen molar-refractivity contribution in [1.29, 1.82) is 0 Å². The highest BCUT2D eigenvalue weighted by atomic mass is 32.1. The minimum absolute atomic E-state index is 0.172. The zero-order chi connectivity index (χ0) is 21.8. The Hall–Kier alpha value is -3.84. The maximum atomic E-state index is 12.6. The molecule has 0 aliphatic carbocycles. The summed E-state index contributed by atoms with van der Waals surface area (Å²) in [5.74, 6) is -0.912. The lowest BCUT2D eigenvalue weighted by molar-refractivity contribution is 0.102. The van der Waals surface area contributed by atoms with Gasteiger partial charge < -0.3 is 15.3 Å². The number of aryl methyl sites for hydroxylation is 2. The quantitative estimate of drug-likeness (QED) is 0.322. The second kappa shape index (κ2) is 8.89. The Kier molecular flexibility index (Phi) is 5.86. The number of rotatable bonds is 6. The summed E-state index contributed by atoms with van der Waals surface area (Å²) in [5.41, 5.74) is 3.02. The summed E-state index contributed by atoms with van der Waals surface area (Å²) in [6.45, 7) is 0. The molecular formula is C24H20N2O4S. The van der Waals surface area contributed by atoms with Crippen LogP contribution in [0.1, 0.15) is 20.8 Å². The van der Waals surface area contributed by atoms with Crippen LogP contribution in [0.3, 0.4) is 0 Å². The Morgan fingerprint density at radius 3 is 2.32 bits per heavy atom. The molecule has 1 amide bonds. The molecule has 1 aromatic heterocycles. The molecule has 156 valence electrons. The van der Waals surface area contributed by atoms with Crippen LogP contribution in [0.25, 0.3) is 11.3 Å². The second-order valence-corrected chi connectivity index (χ2v) is 8.06. The molecule has 4 rings (SSSR count). The van der Waals surface area contributed by atoms with Crippen LogP contribution in [0.4, 0.5) is 5.13 Å². The number of carbonyl (C=O) groups excluding carboxylic acids is 1. The molecular weight excluding hydrogens is 412 g/mol. The Bertz CT molecular complexity index is 1200. The van der Waals surface area contributed by atoms with E-state index in [0.29, 0.717) is 5.13 Å². The van der Waals surface area contributed by atoms with Crippen LogP contribution in [-0.2, 0) is 12.8 Å². The normalized spacial score (nSPS) is 10.7. The van der Waals surface area contributed by atoms with E-state index in [1.807, 2.05) is 18.2 Å². The van der Waals surface area contributed by atoms with Gasteiger partial charge in [-0.3, -0.25) is 10.1 Å². The van der Waals surface area contributed by atoms with Crippen LogP contribution in [0, 0.1) is 0 Å². The number of thiazole rings is 1. The van der Waals surface area contributed by atoms with Gasteiger partial charge in [-0.15, -0.1) is 11.3 Å². The van der Waals surface area contributed by atoms with Crippen LogP contribution < -0.4 is 5.32 Å². The zero-order valence-corrected chi connectivity index (χ0v) is 17.3. The fraction of sp³-hybridized carbons (Fsp3) is 0.0833. The van der Waals surface area contributed by atoms with Gasteiger partial charge in [0.25, 0.3) is 5.91 Å². The van der Waals surface area contributed by atoms with Crippen molar-refractivity contribution in [3.05, 3.63) is 88.8 Å². The van der Waals surface area contributed by atoms with E-state index in [1.165, 1.54) is 35.1 Å². The Morgan fingerprint density at radius 2 is 1.61 bits per heavy atom. The van der Waals surface area contributed by atoms with E-state index in [-0.39, 0.29) is 22.8 Å². The van der Waals surface area contributed by atoms with Crippen molar-refractivity contribution in [2.75, 3.05) is 5.32 Å². The predicted molar refractivity (Wildman–Crippen MR) is 121 cm³/mol. The number of nitrogens with zero attached hydrogens (tertiary/aromatic N) is 1. The Balaban J connectivity index is 1.61. The van der Waals surface area contributed by atoms with Crippen molar-refractivity contribution >= 4 is 22.4 Å². The lowest BCUT2D eigenvalue weighted by atomic mass is 10.1. The summed E-state index contributed by atoms with van der Waals surface area (Å²) in [7, 11) is 0. The molecule has 1 heterocycles. The van der Waals surface area contributed by atoms with E-state index in [9.17, 15) is 20.1 Å². The molecule has 0 bridgehead atoms.